The Morgan fingerprint density at radius 3 is 2.43 bits per heavy atom. The molecular formula is C33H36BrN5O7. The average Bonchev–Trinajstić information content (AvgIpc) is 3.02. The SMILES string of the molecule is CN[C@@H](C)C(=O)NC(C)CN(C(=O)Cc1cccnc1)c1ccccc1N(C=O)Cc1c(OC(O)(O)O)ccc2cc(Br)ccc12. The van der Waals surface area contributed by atoms with Crippen LogP contribution in [0.2, 0.25) is 0 Å². The highest BCUT2D eigenvalue weighted by Crippen LogP contribution is 2.36. The van der Waals surface area contributed by atoms with E-state index in [-0.39, 0.29) is 37.1 Å². The number of pyridine rings is 1. The van der Waals surface area contributed by atoms with E-state index in [1.807, 2.05) is 6.07 Å². The number of aliphatic hydroxyl groups is 3. The molecule has 2 atom stereocenters. The number of benzene rings is 3. The molecule has 0 saturated carbocycles. The van der Waals surface area contributed by atoms with Gasteiger partial charge in [-0.1, -0.05) is 46.3 Å². The number of nitrogens with zero attached hydrogens (tertiary/aromatic N) is 3. The monoisotopic (exact) mass is 693 g/mol. The van der Waals surface area contributed by atoms with Crippen molar-refractivity contribution in [3.8, 4) is 5.75 Å². The number of para-hydroxylation sites is 2. The maximum Gasteiger partial charge on any atom is 0.453 e. The molecule has 12 nitrogen and oxygen atoms in total. The van der Waals surface area contributed by atoms with Crippen molar-refractivity contribution in [2.45, 2.75) is 45.1 Å². The summed E-state index contributed by atoms with van der Waals surface area (Å²) in [6.45, 7) is 3.46. The first-order valence-electron chi connectivity index (χ1n) is 14.4. The lowest BCUT2D eigenvalue weighted by Gasteiger charge is -2.31. The lowest BCUT2D eigenvalue weighted by atomic mass is 10.0. The van der Waals surface area contributed by atoms with Gasteiger partial charge in [0, 0.05) is 35.0 Å². The molecule has 0 radical (unpaired) electrons. The van der Waals surface area contributed by atoms with Gasteiger partial charge in [0.25, 0.3) is 0 Å². The third-order valence-corrected chi connectivity index (χ3v) is 7.78. The normalized spacial score (nSPS) is 12.7. The maximum absolute atomic E-state index is 13.9. The molecule has 13 heteroatoms. The summed E-state index contributed by atoms with van der Waals surface area (Å²) < 4.78 is 5.85. The molecular weight excluding hydrogens is 658 g/mol. The Kier molecular flexibility index (Phi) is 11.4. The number of carbonyl (C=O) groups excluding carboxylic acids is 3. The Labute approximate surface area is 274 Å². The first-order valence-corrected chi connectivity index (χ1v) is 15.2. The molecule has 0 saturated heterocycles. The van der Waals surface area contributed by atoms with E-state index in [1.54, 1.807) is 87.9 Å². The summed E-state index contributed by atoms with van der Waals surface area (Å²) in [4.78, 5) is 46.3. The molecule has 1 unspecified atom stereocenters. The number of carbonyl (C=O) groups is 3. The van der Waals surface area contributed by atoms with Crippen LogP contribution < -0.4 is 25.2 Å². The number of hydrogen-bond acceptors (Lipinski definition) is 9. The minimum Gasteiger partial charge on any atom is -0.416 e. The smallest absolute Gasteiger partial charge is 0.416 e. The molecule has 1 aromatic heterocycles. The van der Waals surface area contributed by atoms with Crippen molar-refractivity contribution in [3.63, 3.8) is 0 Å². The summed E-state index contributed by atoms with van der Waals surface area (Å²) in [7, 11) is 1.68. The van der Waals surface area contributed by atoms with E-state index in [0.717, 1.165) is 9.86 Å². The molecule has 0 aliphatic rings. The van der Waals surface area contributed by atoms with E-state index in [9.17, 15) is 29.7 Å². The molecule has 0 spiro atoms. The van der Waals surface area contributed by atoms with Crippen LogP contribution in [0.25, 0.3) is 10.8 Å². The second-order valence-corrected chi connectivity index (χ2v) is 11.7. The van der Waals surface area contributed by atoms with Crippen LogP contribution in [0.15, 0.2) is 83.6 Å². The summed E-state index contributed by atoms with van der Waals surface area (Å²) in [6, 6.07) is 18.0. The van der Waals surface area contributed by atoms with Crippen LogP contribution in [0.1, 0.15) is 25.0 Å². The largest absolute Gasteiger partial charge is 0.453 e. The van der Waals surface area contributed by atoms with Crippen molar-refractivity contribution >= 4 is 56.3 Å². The quantitative estimate of drug-likeness (QED) is 0.0987. The van der Waals surface area contributed by atoms with Gasteiger partial charge in [0.05, 0.1) is 30.4 Å². The molecule has 0 fully saturated rings. The highest BCUT2D eigenvalue weighted by molar-refractivity contribution is 9.10. The summed E-state index contributed by atoms with van der Waals surface area (Å²) in [5.41, 5.74) is 1.82. The second-order valence-electron chi connectivity index (χ2n) is 10.8. The molecule has 1 heterocycles. The number of ether oxygens (including phenoxy) is 1. The average molecular weight is 695 g/mol. The topological polar surface area (TPSA) is 165 Å². The van der Waals surface area contributed by atoms with Crippen molar-refractivity contribution in [3.05, 3.63) is 94.7 Å². The van der Waals surface area contributed by atoms with Crippen molar-refractivity contribution in [1.29, 1.82) is 0 Å². The van der Waals surface area contributed by atoms with Crippen LogP contribution in [0.5, 0.6) is 5.75 Å². The molecule has 3 amide bonds. The third-order valence-electron chi connectivity index (χ3n) is 7.29. The van der Waals surface area contributed by atoms with Gasteiger partial charge >= 0.3 is 6.16 Å². The van der Waals surface area contributed by atoms with Gasteiger partial charge in [-0.05, 0) is 73.6 Å². The van der Waals surface area contributed by atoms with E-state index in [4.69, 9.17) is 4.74 Å². The van der Waals surface area contributed by atoms with Gasteiger partial charge < -0.3 is 40.5 Å². The number of halogens is 1. The van der Waals surface area contributed by atoms with Gasteiger partial charge in [0.2, 0.25) is 18.2 Å². The van der Waals surface area contributed by atoms with Crippen molar-refractivity contribution in [2.75, 3.05) is 23.4 Å². The van der Waals surface area contributed by atoms with Crippen LogP contribution in [0.4, 0.5) is 11.4 Å². The summed E-state index contributed by atoms with van der Waals surface area (Å²) >= 11 is 3.45. The van der Waals surface area contributed by atoms with Gasteiger partial charge in [-0.2, -0.15) is 0 Å². The molecule has 4 rings (SSSR count). The molecule has 46 heavy (non-hydrogen) atoms. The fraction of sp³-hybridized carbons (Fsp3) is 0.273. The number of rotatable bonds is 14. The number of hydrogen-bond donors (Lipinski definition) is 5. The van der Waals surface area contributed by atoms with Gasteiger partial charge in [-0.25, -0.2) is 0 Å². The van der Waals surface area contributed by atoms with E-state index in [2.05, 4.69) is 31.5 Å². The number of nitrogens with one attached hydrogen (secondary N) is 2. The lowest BCUT2D eigenvalue weighted by molar-refractivity contribution is -0.419. The minimum absolute atomic E-state index is 0.0125. The van der Waals surface area contributed by atoms with Crippen LogP contribution in [-0.4, -0.2) is 70.4 Å². The predicted molar refractivity (Wildman–Crippen MR) is 177 cm³/mol. The third kappa shape index (κ3) is 8.86. The number of amides is 3. The molecule has 4 aromatic rings. The molecule has 0 aliphatic carbocycles. The molecule has 0 aliphatic heterocycles. The van der Waals surface area contributed by atoms with Crippen molar-refractivity contribution in [2.24, 2.45) is 0 Å². The zero-order valence-electron chi connectivity index (χ0n) is 25.6. The van der Waals surface area contributed by atoms with E-state index < -0.39 is 18.2 Å². The maximum atomic E-state index is 13.9. The van der Waals surface area contributed by atoms with Crippen LogP contribution in [0.3, 0.4) is 0 Å². The van der Waals surface area contributed by atoms with E-state index in [1.165, 1.54) is 15.9 Å². The first kappa shape index (κ1) is 34.5. The Hall–Kier alpha value is -4.40. The van der Waals surface area contributed by atoms with Gasteiger partial charge in [0.15, 0.2) is 0 Å². The van der Waals surface area contributed by atoms with Crippen LogP contribution >= 0.6 is 15.9 Å². The zero-order chi connectivity index (χ0) is 33.4. The summed E-state index contributed by atoms with van der Waals surface area (Å²) in [5, 5.41) is 36.1. The zero-order valence-corrected chi connectivity index (χ0v) is 27.1. The predicted octanol–water partition coefficient (Wildman–Crippen LogP) is 2.82. The van der Waals surface area contributed by atoms with E-state index >= 15 is 0 Å². The van der Waals surface area contributed by atoms with E-state index in [0.29, 0.717) is 34.3 Å². The highest BCUT2D eigenvalue weighted by atomic mass is 79.9. The van der Waals surface area contributed by atoms with Crippen molar-refractivity contribution < 1.29 is 34.4 Å². The molecule has 242 valence electrons. The van der Waals surface area contributed by atoms with Crippen LogP contribution in [-0.2, 0) is 27.3 Å². The van der Waals surface area contributed by atoms with Gasteiger partial charge in [-0.15, -0.1) is 0 Å². The highest BCUT2D eigenvalue weighted by Gasteiger charge is 2.27. The fourth-order valence-electron chi connectivity index (χ4n) is 4.96. The Bertz CT molecular complexity index is 1680. The summed E-state index contributed by atoms with van der Waals surface area (Å²) in [5.74, 6) is -0.606. The standard InChI is InChI=1S/C33H36BrN5O7/c1-21(37-32(42)22(2)35-3)18-39(31(41)15-23-7-6-14-36-17-23)29-9-5-4-8-28(29)38(20-40)19-27-26-12-11-25(34)16-24(26)10-13-30(27)46-33(43,44)45/h4-14,16-17,20-22,35,43-45H,15,18-19H2,1-3H3,(H,37,42)/t21?,22-/m0/s1. The minimum atomic E-state index is -3.47. The Morgan fingerprint density at radius 1 is 1.04 bits per heavy atom. The van der Waals surface area contributed by atoms with Gasteiger partial charge in [-0.3, -0.25) is 19.4 Å². The number of anilines is 2. The van der Waals surface area contributed by atoms with Crippen molar-refractivity contribution in [1.82, 2.24) is 15.6 Å². The fourth-order valence-corrected chi connectivity index (χ4v) is 5.34. The number of likely N-dealkylation sites (N-methyl/N-ethyl adjacent to an activating group) is 1. The lowest BCUT2D eigenvalue weighted by Crippen LogP contribution is -2.49. The Balaban J connectivity index is 1.77. The number of aromatic nitrogens is 1. The molecule has 5 N–H and O–H groups in total. The Morgan fingerprint density at radius 2 is 1.78 bits per heavy atom. The van der Waals surface area contributed by atoms with Crippen LogP contribution in [0, 0.1) is 0 Å². The first-order chi connectivity index (χ1) is 21.9. The summed E-state index contributed by atoms with van der Waals surface area (Å²) in [6.07, 6.45) is 0.348. The van der Waals surface area contributed by atoms with Gasteiger partial charge in [0.1, 0.15) is 5.75 Å². The molecule has 0 bridgehead atoms. The molecule has 3 aromatic carbocycles. The second kappa shape index (κ2) is 15.3. The number of fused-ring (bicyclic) bond motifs is 1.